The summed E-state index contributed by atoms with van der Waals surface area (Å²) < 4.78 is 4.96. The number of hydrogen-bond acceptors (Lipinski definition) is 5. The molecule has 0 aliphatic carbocycles. The van der Waals surface area contributed by atoms with Gasteiger partial charge in [0.25, 0.3) is 0 Å². The first-order valence-electron chi connectivity index (χ1n) is 8.50. The highest BCUT2D eigenvalue weighted by Crippen LogP contribution is 2.27. The van der Waals surface area contributed by atoms with Crippen LogP contribution in [0.2, 0.25) is 0 Å². The lowest BCUT2D eigenvalue weighted by molar-refractivity contribution is -0.136. The molecule has 0 saturated carbocycles. The molecule has 1 aromatic heterocycles. The molecule has 2 aromatic rings. The number of carbonyl (C=O) groups is 1. The number of aromatic nitrogens is 2. The van der Waals surface area contributed by atoms with E-state index in [9.17, 15) is 4.79 Å². The molecule has 25 heavy (non-hydrogen) atoms. The smallest absolute Gasteiger partial charge is 0.248 e. The maximum absolute atomic E-state index is 12.1. The van der Waals surface area contributed by atoms with E-state index in [1.807, 2.05) is 29.2 Å². The van der Waals surface area contributed by atoms with E-state index in [1.54, 1.807) is 12.4 Å². The van der Waals surface area contributed by atoms with Gasteiger partial charge in [0.15, 0.2) is 0 Å². The fraction of sp³-hybridized carbons (Fsp3) is 0.421. The maximum atomic E-state index is 12.1. The Morgan fingerprint density at radius 2 is 2.12 bits per heavy atom. The van der Waals surface area contributed by atoms with Crippen LogP contribution in [-0.2, 0) is 16.1 Å². The number of amides is 1. The van der Waals surface area contributed by atoms with Gasteiger partial charge in [-0.3, -0.25) is 9.78 Å². The van der Waals surface area contributed by atoms with Gasteiger partial charge in [-0.15, -0.1) is 0 Å². The van der Waals surface area contributed by atoms with E-state index in [0.29, 0.717) is 6.54 Å². The second-order valence-electron chi connectivity index (χ2n) is 6.30. The first kappa shape index (κ1) is 17.5. The molecule has 0 bridgehead atoms. The number of hydrogen-bond donors (Lipinski definition) is 1. The second kappa shape index (κ2) is 8.18. The van der Waals surface area contributed by atoms with Gasteiger partial charge in [-0.05, 0) is 18.4 Å². The number of nitrogens with zero attached hydrogens (tertiary/aromatic N) is 3. The van der Waals surface area contributed by atoms with Crippen LogP contribution < -0.4 is 0 Å². The normalized spacial score (nSPS) is 17.5. The largest absolute Gasteiger partial charge is 0.392 e. The summed E-state index contributed by atoms with van der Waals surface area (Å²) in [4.78, 5) is 23.0. The Kier molecular flexibility index (Phi) is 5.73. The molecule has 132 valence electrons. The first-order chi connectivity index (χ1) is 12.2. The molecule has 6 nitrogen and oxygen atoms in total. The van der Waals surface area contributed by atoms with Gasteiger partial charge in [-0.2, -0.15) is 0 Å². The molecule has 1 unspecified atom stereocenters. The highest BCUT2D eigenvalue weighted by molar-refractivity contribution is 5.77. The molecule has 0 spiro atoms. The van der Waals surface area contributed by atoms with Crippen molar-refractivity contribution in [2.75, 3.05) is 26.8 Å². The molecule has 1 aliphatic heterocycles. The molecular formula is C19H23N3O3. The van der Waals surface area contributed by atoms with Crippen molar-refractivity contribution in [2.45, 2.75) is 25.4 Å². The first-order valence-corrected chi connectivity index (χ1v) is 8.50. The van der Waals surface area contributed by atoms with E-state index in [4.69, 9.17) is 14.8 Å². The van der Waals surface area contributed by atoms with Crippen molar-refractivity contribution in [1.82, 2.24) is 14.9 Å². The predicted octanol–water partition coefficient (Wildman–Crippen LogP) is 1.99. The van der Waals surface area contributed by atoms with Crippen molar-refractivity contribution in [3.63, 3.8) is 0 Å². The number of rotatable bonds is 5. The van der Waals surface area contributed by atoms with Crippen LogP contribution in [-0.4, -0.2) is 52.7 Å². The molecule has 1 fully saturated rings. The van der Waals surface area contributed by atoms with Gasteiger partial charge in [0, 0.05) is 37.9 Å². The SMILES string of the molecule is COCC(=O)N1CCCC(c2cncc(-c3ccc(CO)cc3)n2)C1. The molecule has 3 rings (SSSR count). The van der Waals surface area contributed by atoms with E-state index >= 15 is 0 Å². The Morgan fingerprint density at radius 1 is 1.32 bits per heavy atom. The van der Waals surface area contributed by atoms with Crippen LogP contribution in [0, 0.1) is 0 Å². The number of aliphatic hydroxyl groups is 1. The highest BCUT2D eigenvalue weighted by atomic mass is 16.5. The molecule has 1 aromatic carbocycles. The number of carbonyl (C=O) groups excluding carboxylic acids is 1. The van der Waals surface area contributed by atoms with Crippen LogP contribution in [0.3, 0.4) is 0 Å². The molecule has 1 atom stereocenters. The summed E-state index contributed by atoms with van der Waals surface area (Å²) in [5.41, 5.74) is 3.56. The standard InChI is InChI=1S/C19H23N3O3/c1-25-13-19(24)22-8-2-3-16(11-22)18-10-20-9-17(21-18)15-6-4-14(12-23)5-7-15/h4-7,9-10,16,23H,2-3,8,11-13H2,1H3. The van der Waals surface area contributed by atoms with E-state index in [1.165, 1.54) is 7.11 Å². The third kappa shape index (κ3) is 4.21. The number of aliphatic hydroxyl groups excluding tert-OH is 1. The Morgan fingerprint density at radius 3 is 2.84 bits per heavy atom. The maximum Gasteiger partial charge on any atom is 0.248 e. The summed E-state index contributed by atoms with van der Waals surface area (Å²) >= 11 is 0. The number of piperidine rings is 1. The van der Waals surface area contributed by atoms with Crippen LogP contribution in [0.5, 0.6) is 0 Å². The molecule has 0 radical (unpaired) electrons. The van der Waals surface area contributed by atoms with Crippen LogP contribution >= 0.6 is 0 Å². The Bertz CT molecular complexity index is 718. The molecule has 1 saturated heterocycles. The zero-order valence-electron chi connectivity index (χ0n) is 14.4. The van der Waals surface area contributed by atoms with Gasteiger partial charge in [0.1, 0.15) is 6.61 Å². The Hall–Kier alpha value is -2.31. The van der Waals surface area contributed by atoms with Gasteiger partial charge in [-0.1, -0.05) is 24.3 Å². The summed E-state index contributed by atoms with van der Waals surface area (Å²) in [6, 6.07) is 7.65. The van der Waals surface area contributed by atoms with E-state index in [-0.39, 0.29) is 25.0 Å². The minimum absolute atomic E-state index is 0.0240. The third-order valence-electron chi connectivity index (χ3n) is 4.55. The van der Waals surface area contributed by atoms with Crippen molar-refractivity contribution >= 4 is 5.91 Å². The molecular weight excluding hydrogens is 318 g/mol. The topological polar surface area (TPSA) is 75.5 Å². The van der Waals surface area contributed by atoms with E-state index in [2.05, 4.69) is 4.98 Å². The second-order valence-corrected chi connectivity index (χ2v) is 6.30. The summed E-state index contributed by atoms with van der Waals surface area (Å²) in [6.07, 6.45) is 5.49. The predicted molar refractivity (Wildman–Crippen MR) is 93.8 cm³/mol. The lowest BCUT2D eigenvalue weighted by atomic mass is 9.94. The molecule has 6 heteroatoms. The van der Waals surface area contributed by atoms with Crippen molar-refractivity contribution in [3.8, 4) is 11.3 Å². The van der Waals surface area contributed by atoms with Crippen molar-refractivity contribution in [1.29, 1.82) is 0 Å². The van der Waals surface area contributed by atoms with Crippen LogP contribution in [0.15, 0.2) is 36.7 Å². The summed E-state index contributed by atoms with van der Waals surface area (Å²) in [7, 11) is 1.54. The van der Waals surface area contributed by atoms with Gasteiger partial charge in [0.05, 0.1) is 24.2 Å². The molecule has 1 aliphatic rings. The van der Waals surface area contributed by atoms with Gasteiger partial charge in [-0.25, -0.2) is 4.98 Å². The minimum Gasteiger partial charge on any atom is -0.392 e. The van der Waals surface area contributed by atoms with Crippen LogP contribution in [0.4, 0.5) is 0 Å². The third-order valence-corrected chi connectivity index (χ3v) is 4.55. The Balaban J connectivity index is 1.77. The van der Waals surface area contributed by atoms with E-state index < -0.39 is 0 Å². The monoisotopic (exact) mass is 341 g/mol. The zero-order chi connectivity index (χ0) is 17.6. The van der Waals surface area contributed by atoms with E-state index in [0.717, 1.165) is 41.9 Å². The average Bonchev–Trinajstić information content (AvgIpc) is 2.68. The average molecular weight is 341 g/mol. The zero-order valence-corrected chi connectivity index (χ0v) is 14.4. The number of likely N-dealkylation sites (tertiary alicyclic amines) is 1. The fourth-order valence-corrected chi connectivity index (χ4v) is 3.16. The number of methoxy groups -OCH3 is 1. The van der Waals surface area contributed by atoms with Crippen LogP contribution in [0.25, 0.3) is 11.3 Å². The quantitative estimate of drug-likeness (QED) is 0.900. The van der Waals surface area contributed by atoms with Gasteiger partial charge < -0.3 is 14.7 Å². The van der Waals surface area contributed by atoms with Gasteiger partial charge in [0.2, 0.25) is 5.91 Å². The lowest BCUT2D eigenvalue weighted by Gasteiger charge is -2.32. The lowest BCUT2D eigenvalue weighted by Crippen LogP contribution is -2.41. The van der Waals surface area contributed by atoms with Crippen molar-refractivity contribution < 1.29 is 14.6 Å². The molecule has 2 heterocycles. The van der Waals surface area contributed by atoms with Gasteiger partial charge >= 0.3 is 0 Å². The minimum atomic E-state index is 0.0240. The van der Waals surface area contributed by atoms with Crippen LogP contribution in [0.1, 0.15) is 30.0 Å². The molecule has 1 amide bonds. The van der Waals surface area contributed by atoms with Crippen molar-refractivity contribution in [2.24, 2.45) is 0 Å². The molecule has 1 N–H and O–H groups in total. The summed E-state index contributed by atoms with van der Waals surface area (Å²) in [6.45, 7) is 1.58. The fourth-order valence-electron chi connectivity index (χ4n) is 3.16. The number of ether oxygens (including phenoxy) is 1. The number of benzene rings is 1. The van der Waals surface area contributed by atoms with Crippen molar-refractivity contribution in [3.05, 3.63) is 47.9 Å². The Labute approximate surface area is 147 Å². The summed E-state index contributed by atoms with van der Waals surface area (Å²) in [5, 5.41) is 9.15. The highest BCUT2D eigenvalue weighted by Gasteiger charge is 2.25. The summed E-state index contributed by atoms with van der Waals surface area (Å²) in [5.74, 6) is 0.217.